The maximum Gasteiger partial charge on any atom is 0.285 e. The van der Waals surface area contributed by atoms with Gasteiger partial charge in [0.25, 0.3) is 20.0 Å². The summed E-state index contributed by atoms with van der Waals surface area (Å²) in [5.74, 6) is -0.289. The molecule has 0 saturated heterocycles. The maximum absolute atomic E-state index is 12.3. The van der Waals surface area contributed by atoms with Crippen LogP contribution in [-0.4, -0.2) is 32.5 Å². The van der Waals surface area contributed by atoms with Gasteiger partial charge in [-0.05, 0) is 24.3 Å². The number of amides is 1. The molecule has 0 radical (unpaired) electrons. The zero-order valence-electron chi connectivity index (χ0n) is 12.5. The van der Waals surface area contributed by atoms with Crippen LogP contribution in [0, 0.1) is 0 Å². The van der Waals surface area contributed by atoms with Crippen molar-refractivity contribution < 1.29 is 21.6 Å². The summed E-state index contributed by atoms with van der Waals surface area (Å²) in [5, 5.41) is 11.1. The number of hydrogen-bond acceptors (Lipinski definition) is 7. The second-order valence-electron chi connectivity index (χ2n) is 4.59. The van der Waals surface area contributed by atoms with E-state index in [4.69, 9.17) is 5.14 Å². The van der Waals surface area contributed by atoms with E-state index in [9.17, 15) is 21.6 Å². The van der Waals surface area contributed by atoms with Gasteiger partial charge in [0.15, 0.2) is 0 Å². The molecule has 0 aliphatic carbocycles. The molecule has 0 saturated carbocycles. The molecule has 3 N–H and O–H groups in total. The molecule has 0 aliphatic heterocycles. The van der Waals surface area contributed by atoms with Gasteiger partial charge in [-0.2, -0.15) is 8.42 Å². The number of benzene rings is 1. The summed E-state index contributed by atoms with van der Waals surface area (Å²) in [7, 11) is -6.79. The molecule has 10 nitrogen and oxygen atoms in total. The average Bonchev–Trinajstić information content (AvgIpc) is 2.79. The number of nitrogens with one attached hydrogen (secondary N) is 1. The lowest BCUT2D eigenvalue weighted by Crippen LogP contribution is -2.15. The van der Waals surface area contributed by atoms with E-state index in [1.165, 1.54) is 38.2 Å². The van der Waals surface area contributed by atoms with E-state index in [1.54, 1.807) is 0 Å². The second kappa shape index (κ2) is 6.43. The number of nitrogens with zero attached hydrogens (tertiary/aromatic N) is 3. The Balaban J connectivity index is 2.45. The molecule has 0 aliphatic rings. The summed E-state index contributed by atoms with van der Waals surface area (Å²) >= 11 is 0.536. The van der Waals surface area contributed by atoms with Gasteiger partial charge >= 0.3 is 0 Å². The van der Waals surface area contributed by atoms with E-state index < -0.39 is 24.4 Å². The second-order valence-corrected chi connectivity index (χ2v) is 8.89. The molecular weight excluding hydrogens is 378 g/mol. The van der Waals surface area contributed by atoms with Gasteiger partial charge in [0.2, 0.25) is 15.0 Å². The Morgan fingerprint density at radius 3 is 2.29 bits per heavy atom. The van der Waals surface area contributed by atoms with Crippen LogP contribution in [0.15, 0.2) is 37.9 Å². The first-order valence-electron chi connectivity index (χ1n) is 6.24. The lowest BCUT2D eigenvalue weighted by Gasteiger charge is -2.02. The number of sulfonamides is 2. The summed E-state index contributed by atoms with van der Waals surface area (Å²) in [4.78, 5) is 10.7. The van der Waals surface area contributed by atoms with Gasteiger partial charge in [-0.15, -0.1) is 9.50 Å². The van der Waals surface area contributed by atoms with Crippen molar-refractivity contribution in [2.75, 3.05) is 5.32 Å². The van der Waals surface area contributed by atoms with E-state index in [2.05, 4.69) is 14.8 Å². The first kappa shape index (κ1) is 18.3. The molecule has 1 heterocycles. The first-order valence-corrected chi connectivity index (χ1v) is 10.0. The van der Waals surface area contributed by atoms with Gasteiger partial charge in [0.05, 0.1) is 4.90 Å². The Labute approximate surface area is 141 Å². The smallest absolute Gasteiger partial charge is 0.285 e. The lowest BCUT2D eigenvalue weighted by molar-refractivity contribution is -0.114. The highest BCUT2D eigenvalue weighted by atomic mass is 32.2. The minimum Gasteiger partial charge on any atom is -0.326 e. The van der Waals surface area contributed by atoms with Crippen LogP contribution in [0.25, 0.3) is 0 Å². The predicted octanol–water partition coefficient (Wildman–Crippen LogP) is -0.623. The molecule has 2 rings (SSSR count). The molecule has 0 spiro atoms. The van der Waals surface area contributed by atoms with Crippen molar-refractivity contribution in [3.8, 4) is 0 Å². The molecule has 0 atom stereocenters. The Bertz CT molecular complexity index is 1050. The molecule has 13 heteroatoms. The van der Waals surface area contributed by atoms with Gasteiger partial charge in [-0.1, -0.05) is 11.3 Å². The van der Waals surface area contributed by atoms with Gasteiger partial charge in [-0.3, -0.25) is 4.79 Å². The molecule has 1 aromatic carbocycles. The first-order chi connectivity index (χ1) is 11.0. The number of carbonyl (C=O) groups excluding carboxylic acids is 1. The number of aromatic nitrogens is 2. The Kier molecular flexibility index (Phi) is 4.89. The fourth-order valence-corrected chi connectivity index (χ4v) is 4.36. The summed E-state index contributed by atoms with van der Waals surface area (Å²) in [5.41, 5.74) is 0.432. The van der Waals surface area contributed by atoms with E-state index in [0.29, 0.717) is 17.0 Å². The van der Waals surface area contributed by atoms with Gasteiger partial charge < -0.3 is 5.32 Å². The van der Waals surface area contributed by atoms with E-state index >= 15 is 0 Å². The molecule has 130 valence electrons. The quantitative estimate of drug-likeness (QED) is 0.708. The number of carbonyl (C=O) groups is 1. The van der Waals surface area contributed by atoms with Crippen LogP contribution in [0.5, 0.6) is 0 Å². The Morgan fingerprint density at radius 1 is 1.25 bits per heavy atom. The van der Waals surface area contributed by atoms with E-state index in [0.717, 1.165) is 4.68 Å². The average molecular weight is 391 g/mol. The van der Waals surface area contributed by atoms with Crippen LogP contribution in [0.2, 0.25) is 0 Å². The zero-order valence-corrected chi connectivity index (χ0v) is 14.9. The monoisotopic (exact) mass is 391 g/mol. The fraction of sp³-hybridized carbons (Fsp3) is 0.182. The number of hydrogen-bond donors (Lipinski definition) is 2. The Hall–Kier alpha value is -2.09. The number of aryl methyl sites for hydroxylation is 1. The van der Waals surface area contributed by atoms with Crippen molar-refractivity contribution in [3.05, 3.63) is 29.1 Å². The van der Waals surface area contributed by atoms with Crippen molar-refractivity contribution in [2.24, 2.45) is 16.6 Å². The number of primary sulfonamides is 1. The third-order valence-electron chi connectivity index (χ3n) is 2.60. The molecule has 0 fully saturated rings. The molecule has 2 aromatic rings. The summed E-state index contributed by atoms with van der Waals surface area (Å²) in [6, 6.07) is 5.36. The van der Waals surface area contributed by atoms with E-state index in [1.807, 2.05) is 0 Å². The Morgan fingerprint density at radius 2 is 1.83 bits per heavy atom. The summed E-state index contributed by atoms with van der Waals surface area (Å²) < 4.78 is 51.2. The highest BCUT2D eigenvalue weighted by molar-refractivity contribution is 7.91. The zero-order chi connectivity index (χ0) is 18.1. The third kappa shape index (κ3) is 4.25. The van der Waals surface area contributed by atoms with Crippen LogP contribution >= 0.6 is 11.3 Å². The standard InChI is InChI=1S/C11H13N5O5S3/c1-7(17)13-8-3-5-9(6-4-8)24(20,21)15-10-16(2)14-11(22-10)23(12,18)19/h3-6H,1-2H3,(H,13,17)(H2,12,18,19)/b15-10-. The number of anilines is 1. The highest BCUT2D eigenvalue weighted by Gasteiger charge is 2.17. The van der Waals surface area contributed by atoms with E-state index in [-0.39, 0.29) is 15.6 Å². The normalized spacial score (nSPS) is 13.0. The van der Waals surface area contributed by atoms with Gasteiger partial charge in [-0.25, -0.2) is 18.2 Å². The van der Waals surface area contributed by atoms with Crippen molar-refractivity contribution in [3.63, 3.8) is 0 Å². The van der Waals surface area contributed by atoms with Crippen LogP contribution in [0.4, 0.5) is 5.69 Å². The highest BCUT2D eigenvalue weighted by Crippen LogP contribution is 2.16. The molecular formula is C11H13N5O5S3. The van der Waals surface area contributed by atoms with Crippen LogP contribution in [0.1, 0.15) is 6.92 Å². The predicted molar refractivity (Wildman–Crippen MR) is 86.0 cm³/mol. The van der Waals surface area contributed by atoms with Crippen molar-refractivity contribution >= 4 is 43.0 Å². The third-order valence-corrected chi connectivity index (χ3v) is 6.31. The van der Waals surface area contributed by atoms with Crippen LogP contribution in [0.3, 0.4) is 0 Å². The SMILES string of the molecule is CC(=O)Nc1ccc(S(=O)(=O)/N=c2\sc(S(N)(=O)=O)nn2C)cc1. The lowest BCUT2D eigenvalue weighted by atomic mass is 10.3. The van der Waals surface area contributed by atoms with Gasteiger partial charge in [0.1, 0.15) is 0 Å². The summed E-state index contributed by atoms with van der Waals surface area (Å²) in [6.45, 7) is 1.33. The van der Waals surface area contributed by atoms with Crippen LogP contribution in [-0.2, 0) is 31.9 Å². The molecule has 0 bridgehead atoms. The topological polar surface area (TPSA) is 154 Å². The van der Waals surface area contributed by atoms with Gasteiger partial charge in [0, 0.05) is 19.7 Å². The van der Waals surface area contributed by atoms with Crippen molar-refractivity contribution in [1.82, 2.24) is 9.78 Å². The largest absolute Gasteiger partial charge is 0.326 e. The molecule has 24 heavy (non-hydrogen) atoms. The molecule has 1 aromatic heterocycles. The maximum atomic E-state index is 12.3. The summed E-state index contributed by atoms with van der Waals surface area (Å²) in [6.07, 6.45) is 0. The van der Waals surface area contributed by atoms with Crippen molar-refractivity contribution in [2.45, 2.75) is 16.2 Å². The number of nitrogens with two attached hydrogens (primary N) is 1. The van der Waals surface area contributed by atoms with Crippen LogP contribution < -0.4 is 15.3 Å². The van der Waals surface area contributed by atoms with Crippen molar-refractivity contribution in [1.29, 1.82) is 0 Å². The minimum absolute atomic E-state index is 0.123. The number of rotatable bonds is 4. The molecule has 0 unspecified atom stereocenters. The fourth-order valence-electron chi connectivity index (χ4n) is 1.59. The molecule has 1 amide bonds. The minimum atomic E-state index is -4.09.